The molecule has 0 bridgehead atoms. The highest BCUT2D eigenvalue weighted by Gasteiger charge is 2.32. The van der Waals surface area contributed by atoms with Crippen LogP contribution in [-0.4, -0.2) is 27.9 Å². The SMILES string of the molecule is O=C(O)c1cc(C(=O)O)c2c(c1)-c1ccccc1C2=O. The van der Waals surface area contributed by atoms with Gasteiger partial charge in [0, 0.05) is 11.1 Å². The summed E-state index contributed by atoms with van der Waals surface area (Å²) in [5.41, 5.74) is 0.962. The van der Waals surface area contributed by atoms with E-state index in [-0.39, 0.29) is 22.5 Å². The molecule has 0 saturated heterocycles. The van der Waals surface area contributed by atoms with E-state index in [9.17, 15) is 19.5 Å². The molecule has 20 heavy (non-hydrogen) atoms. The summed E-state index contributed by atoms with van der Waals surface area (Å²) in [4.78, 5) is 34.7. The number of rotatable bonds is 2. The summed E-state index contributed by atoms with van der Waals surface area (Å²) in [6, 6.07) is 9.04. The second-order valence-electron chi connectivity index (χ2n) is 4.43. The highest BCUT2D eigenvalue weighted by atomic mass is 16.4. The van der Waals surface area contributed by atoms with Gasteiger partial charge in [0.25, 0.3) is 0 Å². The first-order valence-electron chi connectivity index (χ1n) is 5.79. The van der Waals surface area contributed by atoms with Crippen molar-refractivity contribution in [3.8, 4) is 11.1 Å². The van der Waals surface area contributed by atoms with Gasteiger partial charge in [-0.15, -0.1) is 0 Å². The molecule has 0 aliphatic heterocycles. The van der Waals surface area contributed by atoms with Crippen molar-refractivity contribution in [3.63, 3.8) is 0 Å². The molecule has 0 radical (unpaired) electrons. The van der Waals surface area contributed by atoms with Crippen LogP contribution >= 0.6 is 0 Å². The molecular formula is C15H8O5. The fourth-order valence-electron chi connectivity index (χ4n) is 2.44. The average Bonchev–Trinajstić information content (AvgIpc) is 2.72. The van der Waals surface area contributed by atoms with Gasteiger partial charge in [-0.3, -0.25) is 4.79 Å². The summed E-state index contributed by atoms with van der Waals surface area (Å²) in [6.07, 6.45) is 0. The zero-order valence-corrected chi connectivity index (χ0v) is 10.1. The Kier molecular flexibility index (Phi) is 2.44. The number of ketones is 1. The maximum atomic E-state index is 12.3. The molecule has 0 aromatic heterocycles. The molecule has 0 unspecified atom stereocenters. The second-order valence-corrected chi connectivity index (χ2v) is 4.43. The lowest BCUT2D eigenvalue weighted by Gasteiger charge is -2.05. The van der Waals surface area contributed by atoms with Gasteiger partial charge in [0.15, 0.2) is 5.78 Å². The normalized spacial score (nSPS) is 11.9. The highest BCUT2D eigenvalue weighted by molar-refractivity contribution is 6.25. The van der Waals surface area contributed by atoms with Gasteiger partial charge in [0.05, 0.1) is 11.1 Å². The minimum absolute atomic E-state index is 0.0590. The van der Waals surface area contributed by atoms with Gasteiger partial charge in [-0.1, -0.05) is 24.3 Å². The smallest absolute Gasteiger partial charge is 0.336 e. The predicted molar refractivity (Wildman–Crippen MR) is 69.2 cm³/mol. The minimum Gasteiger partial charge on any atom is -0.478 e. The van der Waals surface area contributed by atoms with Crippen molar-refractivity contribution in [1.29, 1.82) is 0 Å². The number of hydrogen-bond acceptors (Lipinski definition) is 3. The summed E-state index contributed by atoms with van der Waals surface area (Å²) in [5, 5.41) is 18.3. The maximum Gasteiger partial charge on any atom is 0.336 e. The lowest BCUT2D eigenvalue weighted by Crippen LogP contribution is -2.09. The van der Waals surface area contributed by atoms with Gasteiger partial charge in [-0.25, -0.2) is 9.59 Å². The standard InChI is InChI=1S/C15H8O5/c16-13-9-4-2-1-3-8(9)10-5-7(14(17)18)6-11(12(10)13)15(19)20/h1-6H,(H,17,18)(H,19,20). The zero-order chi connectivity index (χ0) is 14.4. The number of carboxylic acids is 2. The van der Waals surface area contributed by atoms with Gasteiger partial charge in [-0.05, 0) is 23.3 Å². The molecular weight excluding hydrogens is 260 g/mol. The summed E-state index contributed by atoms with van der Waals surface area (Å²) in [7, 11) is 0. The van der Waals surface area contributed by atoms with Crippen LogP contribution < -0.4 is 0 Å². The van der Waals surface area contributed by atoms with Gasteiger partial charge in [-0.2, -0.15) is 0 Å². The van der Waals surface area contributed by atoms with E-state index in [0.29, 0.717) is 16.7 Å². The van der Waals surface area contributed by atoms with E-state index in [1.807, 2.05) is 0 Å². The first-order valence-corrected chi connectivity index (χ1v) is 5.79. The number of aromatic carboxylic acids is 2. The van der Waals surface area contributed by atoms with E-state index in [1.54, 1.807) is 24.3 Å². The Labute approximate surface area is 113 Å². The van der Waals surface area contributed by atoms with Crippen LogP contribution in [0.4, 0.5) is 0 Å². The quantitative estimate of drug-likeness (QED) is 0.744. The van der Waals surface area contributed by atoms with Crippen LogP contribution in [0.2, 0.25) is 0 Å². The molecule has 0 amide bonds. The summed E-state index contributed by atoms with van der Waals surface area (Å²) >= 11 is 0. The molecule has 0 saturated carbocycles. The monoisotopic (exact) mass is 268 g/mol. The van der Waals surface area contributed by atoms with Crippen LogP contribution in [-0.2, 0) is 0 Å². The van der Waals surface area contributed by atoms with E-state index < -0.39 is 11.9 Å². The fourth-order valence-corrected chi connectivity index (χ4v) is 2.44. The number of fused-ring (bicyclic) bond motifs is 3. The van der Waals surface area contributed by atoms with E-state index in [4.69, 9.17) is 5.11 Å². The molecule has 1 aliphatic rings. The van der Waals surface area contributed by atoms with Crippen molar-refractivity contribution < 1.29 is 24.6 Å². The number of carbonyl (C=O) groups is 3. The molecule has 0 heterocycles. The summed E-state index contributed by atoms with van der Waals surface area (Å²) in [5.74, 6) is -2.93. The third-order valence-electron chi connectivity index (χ3n) is 3.30. The van der Waals surface area contributed by atoms with Gasteiger partial charge >= 0.3 is 11.9 Å². The maximum absolute atomic E-state index is 12.3. The van der Waals surface area contributed by atoms with Crippen molar-refractivity contribution in [2.24, 2.45) is 0 Å². The van der Waals surface area contributed by atoms with Crippen molar-refractivity contribution in [2.45, 2.75) is 0 Å². The van der Waals surface area contributed by atoms with Crippen LogP contribution in [0.1, 0.15) is 36.6 Å². The lowest BCUT2D eigenvalue weighted by molar-refractivity contribution is 0.0693. The molecule has 2 N–H and O–H groups in total. The van der Waals surface area contributed by atoms with Crippen molar-refractivity contribution in [2.75, 3.05) is 0 Å². The third-order valence-corrected chi connectivity index (χ3v) is 3.30. The first-order chi connectivity index (χ1) is 9.50. The van der Waals surface area contributed by atoms with Gasteiger partial charge < -0.3 is 10.2 Å². The molecule has 3 rings (SSSR count). The number of carboxylic acid groups (broad SMARTS) is 2. The summed E-state index contributed by atoms with van der Waals surface area (Å²) in [6.45, 7) is 0. The number of hydrogen-bond donors (Lipinski definition) is 2. The van der Waals surface area contributed by atoms with Crippen molar-refractivity contribution in [3.05, 3.63) is 58.7 Å². The molecule has 2 aromatic rings. The van der Waals surface area contributed by atoms with Gasteiger partial charge in [0.2, 0.25) is 0 Å². The van der Waals surface area contributed by atoms with E-state index >= 15 is 0 Å². The molecule has 0 fully saturated rings. The van der Waals surface area contributed by atoms with E-state index in [0.717, 1.165) is 6.07 Å². The number of carbonyl (C=O) groups excluding carboxylic acids is 1. The van der Waals surface area contributed by atoms with Crippen LogP contribution in [0.25, 0.3) is 11.1 Å². The Hall–Kier alpha value is -2.95. The Morgan fingerprint density at radius 1 is 0.850 bits per heavy atom. The molecule has 2 aromatic carbocycles. The minimum atomic E-state index is -1.31. The topological polar surface area (TPSA) is 91.7 Å². The largest absolute Gasteiger partial charge is 0.478 e. The molecule has 1 aliphatic carbocycles. The predicted octanol–water partition coefficient (Wildman–Crippen LogP) is 2.29. The van der Waals surface area contributed by atoms with E-state index in [1.165, 1.54) is 6.07 Å². The van der Waals surface area contributed by atoms with Crippen molar-refractivity contribution in [1.82, 2.24) is 0 Å². The Morgan fingerprint density at radius 2 is 1.50 bits per heavy atom. The zero-order valence-electron chi connectivity index (χ0n) is 10.1. The van der Waals surface area contributed by atoms with Crippen LogP contribution in [0.15, 0.2) is 36.4 Å². The summed E-state index contributed by atoms with van der Waals surface area (Å²) < 4.78 is 0. The third kappa shape index (κ3) is 1.53. The Morgan fingerprint density at radius 3 is 2.10 bits per heavy atom. The first kappa shape index (κ1) is 12.1. The molecule has 5 nitrogen and oxygen atoms in total. The Bertz CT molecular complexity index is 789. The number of benzene rings is 2. The molecule has 5 heteroatoms. The van der Waals surface area contributed by atoms with Gasteiger partial charge in [0.1, 0.15) is 0 Å². The fraction of sp³-hybridized carbons (Fsp3) is 0. The molecule has 0 atom stereocenters. The van der Waals surface area contributed by atoms with Crippen molar-refractivity contribution >= 4 is 17.7 Å². The average molecular weight is 268 g/mol. The van der Waals surface area contributed by atoms with E-state index in [2.05, 4.69) is 0 Å². The Balaban J connectivity index is 2.41. The highest BCUT2D eigenvalue weighted by Crippen LogP contribution is 2.39. The van der Waals surface area contributed by atoms with Crippen LogP contribution in [0.3, 0.4) is 0 Å². The molecule has 0 spiro atoms. The molecule has 98 valence electrons. The van der Waals surface area contributed by atoms with Crippen LogP contribution in [0.5, 0.6) is 0 Å². The second kappa shape index (κ2) is 4.03. The lowest BCUT2D eigenvalue weighted by atomic mass is 9.97. The van der Waals surface area contributed by atoms with Crippen LogP contribution in [0, 0.1) is 0 Å².